The molecule has 0 atom stereocenters. The predicted molar refractivity (Wildman–Crippen MR) is 75.8 cm³/mol. The van der Waals surface area contributed by atoms with Gasteiger partial charge in [0.1, 0.15) is 4.90 Å². The Kier molecular flexibility index (Phi) is 3.61. The summed E-state index contributed by atoms with van der Waals surface area (Å²) in [5.74, 6) is -0.773. The molecule has 2 aromatic carbocycles. The first kappa shape index (κ1) is 14.2. The van der Waals surface area contributed by atoms with E-state index in [0.29, 0.717) is 5.39 Å². The molecular formula is C14H13NO4S. The number of nitrogens with two attached hydrogens (primary N) is 1. The lowest BCUT2D eigenvalue weighted by Gasteiger charge is -2.11. The molecule has 0 saturated heterocycles. The van der Waals surface area contributed by atoms with Crippen LogP contribution in [-0.4, -0.2) is 14.4 Å². The van der Waals surface area contributed by atoms with Gasteiger partial charge in [-0.2, -0.15) is 0 Å². The average Bonchev–Trinajstić information content (AvgIpc) is 2.37. The van der Waals surface area contributed by atoms with Crippen molar-refractivity contribution >= 4 is 26.8 Å². The molecule has 0 radical (unpaired) electrons. The third kappa shape index (κ3) is 2.71. The lowest BCUT2D eigenvalue weighted by molar-refractivity contribution is -0.130. The molecule has 0 fully saturated rings. The molecule has 0 heterocycles. The summed E-state index contributed by atoms with van der Waals surface area (Å²) in [7, 11) is -4.00. The number of fused-ring (bicyclic) bond motifs is 1. The number of ether oxygens (including phenoxy) is 1. The Bertz CT molecular complexity index is 809. The first-order chi connectivity index (χ1) is 9.30. The minimum Gasteiger partial charge on any atom is -0.421 e. The lowest BCUT2D eigenvalue weighted by Crippen LogP contribution is -2.16. The van der Waals surface area contributed by atoms with Crippen LogP contribution in [0.3, 0.4) is 0 Å². The van der Waals surface area contributed by atoms with Gasteiger partial charge in [-0.15, -0.1) is 0 Å². The van der Waals surface area contributed by atoms with Gasteiger partial charge in [-0.3, -0.25) is 0 Å². The lowest BCUT2D eigenvalue weighted by atomic mass is 10.1. The molecule has 0 aliphatic heterocycles. The molecule has 2 rings (SSSR count). The topological polar surface area (TPSA) is 86.5 Å². The molecule has 20 heavy (non-hydrogen) atoms. The fourth-order valence-electron chi connectivity index (χ4n) is 1.73. The quantitative estimate of drug-likeness (QED) is 0.532. The maximum Gasteiger partial charge on any atom is 0.338 e. The molecule has 0 unspecified atom stereocenters. The molecule has 0 spiro atoms. The zero-order chi connectivity index (χ0) is 14.9. The minimum atomic E-state index is -4.00. The first-order valence-electron chi connectivity index (χ1n) is 5.73. The van der Waals surface area contributed by atoms with Crippen LogP contribution in [0.2, 0.25) is 0 Å². The molecule has 6 heteroatoms. The molecule has 0 amide bonds. The highest BCUT2D eigenvalue weighted by molar-refractivity contribution is 7.89. The number of benzene rings is 2. The van der Waals surface area contributed by atoms with Crippen LogP contribution in [-0.2, 0) is 14.8 Å². The number of esters is 1. The highest BCUT2D eigenvalue weighted by atomic mass is 32.2. The monoisotopic (exact) mass is 291 g/mol. The maximum atomic E-state index is 11.7. The summed E-state index contributed by atoms with van der Waals surface area (Å²) in [5.41, 5.74) is 0.165. The molecule has 0 saturated carbocycles. The number of sulfonamides is 1. The largest absolute Gasteiger partial charge is 0.421 e. The van der Waals surface area contributed by atoms with E-state index in [1.54, 1.807) is 30.3 Å². The second-order valence-electron chi connectivity index (χ2n) is 4.33. The van der Waals surface area contributed by atoms with Crippen molar-refractivity contribution in [2.75, 3.05) is 0 Å². The molecule has 2 N–H and O–H groups in total. The van der Waals surface area contributed by atoms with Crippen molar-refractivity contribution in [1.82, 2.24) is 0 Å². The average molecular weight is 291 g/mol. The van der Waals surface area contributed by atoms with E-state index in [-0.39, 0.29) is 16.2 Å². The Labute approximate surface area is 116 Å². The van der Waals surface area contributed by atoms with Crippen molar-refractivity contribution < 1.29 is 17.9 Å². The van der Waals surface area contributed by atoms with E-state index in [4.69, 9.17) is 9.88 Å². The molecule has 2 aromatic rings. The van der Waals surface area contributed by atoms with Crippen molar-refractivity contribution in [1.29, 1.82) is 0 Å². The molecule has 0 aliphatic rings. The van der Waals surface area contributed by atoms with Crippen molar-refractivity contribution in [2.45, 2.75) is 11.8 Å². The van der Waals surface area contributed by atoms with Crippen LogP contribution >= 0.6 is 0 Å². The third-order valence-electron chi connectivity index (χ3n) is 2.69. The minimum absolute atomic E-state index is 0.0707. The van der Waals surface area contributed by atoms with Gasteiger partial charge in [0.15, 0.2) is 5.75 Å². The number of carbonyl (C=O) groups is 1. The Morgan fingerprint density at radius 2 is 1.85 bits per heavy atom. The van der Waals surface area contributed by atoms with Crippen LogP contribution in [0.5, 0.6) is 5.75 Å². The summed E-state index contributed by atoms with van der Waals surface area (Å²) >= 11 is 0. The zero-order valence-corrected chi connectivity index (χ0v) is 11.6. The number of hydrogen-bond acceptors (Lipinski definition) is 4. The van der Waals surface area contributed by atoms with Gasteiger partial charge in [0.25, 0.3) is 0 Å². The highest BCUT2D eigenvalue weighted by Gasteiger charge is 2.20. The van der Waals surface area contributed by atoms with Gasteiger partial charge in [0.05, 0.1) is 0 Å². The second-order valence-corrected chi connectivity index (χ2v) is 5.86. The van der Waals surface area contributed by atoms with E-state index in [9.17, 15) is 13.2 Å². The van der Waals surface area contributed by atoms with Crippen LogP contribution in [0.15, 0.2) is 53.4 Å². The van der Waals surface area contributed by atoms with Crippen LogP contribution < -0.4 is 9.88 Å². The summed E-state index contributed by atoms with van der Waals surface area (Å²) < 4.78 is 28.4. The number of rotatable bonds is 3. The summed E-state index contributed by atoms with van der Waals surface area (Å²) in [6.45, 7) is 4.94. The molecule has 0 bridgehead atoms. The third-order valence-corrected chi connectivity index (χ3v) is 3.63. The van der Waals surface area contributed by atoms with Gasteiger partial charge in [-0.05, 0) is 18.4 Å². The zero-order valence-electron chi connectivity index (χ0n) is 10.8. The second kappa shape index (κ2) is 5.07. The summed E-state index contributed by atoms with van der Waals surface area (Å²) in [6.07, 6.45) is 0. The van der Waals surface area contributed by atoms with Gasteiger partial charge in [0, 0.05) is 11.0 Å². The van der Waals surface area contributed by atoms with Crippen LogP contribution in [0, 0.1) is 0 Å². The van der Waals surface area contributed by atoms with E-state index in [2.05, 4.69) is 6.58 Å². The maximum absolute atomic E-state index is 11.7. The van der Waals surface area contributed by atoms with Crippen LogP contribution in [0.1, 0.15) is 6.92 Å². The summed E-state index contributed by atoms with van der Waals surface area (Å²) in [5, 5.41) is 6.39. The highest BCUT2D eigenvalue weighted by Crippen LogP contribution is 2.32. The van der Waals surface area contributed by atoms with E-state index in [0.717, 1.165) is 5.39 Å². The number of hydrogen-bond donors (Lipinski definition) is 1. The van der Waals surface area contributed by atoms with E-state index >= 15 is 0 Å². The Morgan fingerprint density at radius 3 is 2.45 bits per heavy atom. The molecule has 0 aromatic heterocycles. The van der Waals surface area contributed by atoms with Gasteiger partial charge >= 0.3 is 5.97 Å². The Morgan fingerprint density at radius 1 is 1.20 bits per heavy atom. The number of primary sulfonamides is 1. The van der Waals surface area contributed by atoms with E-state index in [1.807, 2.05) is 0 Å². The van der Waals surface area contributed by atoms with Crippen LogP contribution in [0.25, 0.3) is 10.8 Å². The van der Waals surface area contributed by atoms with Crippen LogP contribution in [0.4, 0.5) is 0 Å². The Hall–Kier alpha value is -2.18. The number of carbonyl (C=O) groups excluding carboxylic acids is 1. The Balaban J connectivity index is 2.75. The van der Waals surface area contributed by atoms with Gasteiger partial charge in [0.2, 0.25) is 10.0 Å². The van der Waals surface area contributed by atoms with Gasteiger partial charge in [-0.1, -0.05) is 36.9 Å². The van der Waals surface area contributed by atoms with E-state index < -0.39 is 16.0 Å². The fourth-order valence-corrected chi connectivity index (χ4v) is 2.40. The van der Waals surface area contributed by atoms with Gasteiger partial charge < -0.3 is 4.74 Å². The fraction of sp³-hybridized carbons (Fsp3) is 0.0714. The van der Waals surface area contributed by atoms with E-state index in [1.165, 1.54) is 13.0 Å². The van der Waals surface area contributed by atoms with Gasteiger partial charge in [-0.25, -0.2) is 18.4 Å². The summed E-state index contributed by atoms with van der Waals surface area (Å²) in [6, 6.07) is 9.87. The summed E-state index contributed by atoms with van der Waals surface area (Å²) in [4.78, 5) is 11.4. The standard InChI is InChI=1S/C14H13NO4S/c1-9(2)14(16)19-13-11-6-4-3-5-10(11)7-8-12(13)20(15,17)18/h3-8H,1H2,2H3,(H2,15,17,18). The van der Waals surface area contributed by atoms with Crippen molar-refractivity contribution in [3.05, 3.63) is 48.6 Å². The SMILES string of the molecule is C=C(C)C(=O)Oc1c(S(N)(=O)=O)ccc2ccccc12. The van der Waals surface area contributed by atoms with Crippen molar-refractivity contribution in [3.63, 3.8) is 0 Å². The molecule has 0 aliphatic carbocycles. The van der Waals surface area contributed by atoms with Crippen molar-refractivity contribution in [3.8, 4) is 5.75 Å². The predicted octanol–water partition coefficient (Wildman–Crippen LogP) is 1.97. The molecule has 104 valence electrons. The normalized spacial score (nSPS) is 11.3. The molecule has 5 nitrogen and oxygen atoms in total. The van der Waals surface area contributed by atoms with Crippen molar-refractivity contribution in [2.24, 2.45) is 5.14 Å². The first-order valence-corrected chi connectivity index (χ1v) is 7.27. The smallest absolute Gasteiger partial charge is 0.338 e. The molecular weight excluding hydrogens is 278 g/mol.